The highest BCUT2D eigenvalue weighted by atomic mass is 14.5. The summed E-state index contributed by atoms with van der Waals surface area (Å²) in [5.74, 6) is 0. The Morgan fingerprint density at radius 2 is 1.31 bits per heavy atom. The lowest BCUT2D eigenvalue weighted by Gasteiger charge is -2.12. The Morgan fingerprint density at radius 3 is 1.94 bits per heavy atom. The summed E-state index contributed by atoms with van der Waals surface area (Å²) in [5.41, 5.74) is 13.1. The Hall–Kier alpha value is -1.76. The first-order chi connectivity index (χ1) is 7.59. The van der Waals surface area contributed by atoms with Gasteiger partial charge in [0.05, 0.1) is 0 Å². The van der Waals surface area contributed by atoms with Crippen molar-refractivity contribution in [2.45, 2.75) is 20.8 Å². The monoisotopic (exact) mass is 211 g/mol. The Morgan fingerprint density at radius 1 is 0.750 bits per heavy atom. The molecule has 1 nitrogen and oxygen atoms in total. The number of nitrogen functional groups attached to an aromatic ring is 1. The van der Waals surface area contributed by atoms with E-state index >= 15 is 0 Å². The molecular weight excluding hydrogens is 194 g/mol. The van der Waals surface area contributed by atoms with E-state index in [0.29, 0.717) is 0 Å². The second-order valence-corrected chi connectivity index (χ2v) is 4.32. The molecule has 2 aromatic rings. The first-order valence-corrected chi connectivity index (χ1v) is 5.52. The summed E-state index contributed by atoms with van der Waals surface area (Å²) in [7, 11) is 0. The molecule has 0 unspecified atom stereocenters. The predicted octanol–water partition coefficient (Wildman–Crippen LogP) is 3.86. The van der Waals surface area contributed by atoms with Crippen LogP contribution < -0.4 is 5.73 Å². The van der Waals surface area contributed by atoms with E-state index in [0.717, 1.165) is 5.69 Å². The highest BCUT2D eigenvalue weighted by molar-refractivity contribution is 5.73. The van der Waals surface area contributed by atoms with E-state index in [1.165, 1.54) is 27.8 Å². The van der Waals surface area contributed by atoms with E-state index in [-0.39, 0.29) is 0 Å². The molecule has 2 N–H and O–H groups in total. The largest absolute Gasteiger partial charge is 0.399 e. The van der Waals surface area contributed by atoms with Gasteiger partial charge in [-0.1, -0.05) is 24.3 Å². The third kappa shape index (κ3) is 1.81. The zero-order chi connectivity index (χ0) is 11.7. The van der Waals surface area contributed by atoms with E-state index in [9.17, 15) is 0 Å². The maximum atomic E-state index is 5.71. The zero-order valence-corrected chi connectivity index (χ0v) is 10.0. The Balaban J connectivity index is 2.63. The summed E-state index contributed by atoms with van der Waals surface area (Å²) in [4.78, 5) is 0. The number of hydrogen-bond acceptors (Lipinski definition) is 1. The molecule has 0 aromatic heterocycles. The summed E-state index contributed by atoms with van der Waals surface area (Å²) < 4.78 is 0. The van der Waals surface area contributed by atoms with E-state index < -0.39 is 0 Å². The third-order valence-corrected chi connectivity index (χ3v) is 3.14. The Kier molecular flexibility index (Phi) is 2.69. The summed E-state index contributed by atoms with van der Waals surface area (Å²) in [6.45, 7) is 6.47. The molecule has 2 rings (SSSR count). The number of aryl methyl sites for hydroxylation is 2. The lowest BCUT2D eigenvalue weighted by Crippen LogP contribution is -1.92. The molecule has 16 heavy (non-hydrogen) atoms. The third-order valence-electron chi connectivity index (χ3n) is 3.14. The van der Waals surface area contributed by atoms with Crippen molar-refractivity contribution in [3.63, 3.8) is 0 Å². The number of anilines is 1. The van der Waals surface area contributed by atoms with Crippen LogP contribution in [0.4, 0.5) is 5.69 Å². The predicted molar refractivity (Wildman–Crippen MR) is 70.5 cm³/mol. The average Bonchev–Trinajstić information content (AvgIpc) is 2.27. The standard InChI is InChI=1S/C15H17N/c1-10-4-5-11(2)15(12(10)3)13-6-8-14(16)9-7-13/h4-9H,16H2,1-3H3. The van der Waals surface area contributed by atoms with Gasteiger partial charge in [0.2, 0.25) is 0 Å². The smallest absolute Gasteiger partial charge is 0.0314 e. The molecule has 0 saturated carbocycles. The molecule has 82 valence electrons. The van der Waals surface area contributed by atoms with Crippen LogP contribution in [0.2, 0.25) is 0 Å². The molecule has 0 amide bonds. The van der Waals surface area contributed by atoms with E-state index in [4.69, 9.17) is 5.73 Å². The van der Waals surface area contributed by atoms with Crippen molar-refractivity contribution in [2.24, 2.45) is 0 Å². The fraction of sp³-hybridized carbons (Fsp3) is 0.200. The topological polar surface area (TPSA) is 26.0 Å². The van der Waals surface area contributed by atoms with Crippen LogP contribution in [-0.2, 0) is 0 Å². The van der Waals surface area contributed by atoms with E-state index in [1.54, 1.807) is 0 Å². The molecule has 0 radical (unpaired) electrons. The van der Waals surface area contributed by atoms with Gasteiger partial charge < -0.3 is 5.73 Å². The van der Waals surface area contributed by atoms with Crippen molar-refractivity contribution in [1.82, 2.24) is 0 Å². The lowest BCUT2D eigenvalue weighted by atomic mass is 9.93. The first kappa shape index (κ1) is 10.7. The molecule has 0 aliphatic heterocycles. The molecule has 0 spiro atoms. The normalized spacial score (nSPS) is 10.4. The van der Waals surface area contributed by atoms with Crippen molar-refractivity contribution in [3.8, 4) is 11.1 Å². The second kappa shape index (κ2) is 4.01. The SMILES string of the molecule is Cc1ccc(C)c(-c2ccc(N)cc2)c1C. The maximum absolute atomic E-state index is 5.71. The molecule has 0 saturated heterocycles. The van der Waals surface area contributed by atoms with E-state index in [1.807, 2.05) is 12.1 Å². The highest BCUT2D eigenvalue weighted by Gasteiger charge is 2.06. The minimum Gasteiger partial charge on any atom is -0.399 e. The van der Waals surface area contributed by atoms with Crippen molar-refractivity contribution >= 4 is 5.69 Å². The number of nitrogens with two attached hydrogens (primary N) is 1. The molecule has 0 aliphatic carbocycles. The molecule has 0 fully saturated rings. The number of benzene rings is 2. The van der Waals surface area contributed by atoms with Crippen LogP contribution in [0.25, 0.3) is 11.1 Å². The molecule has 0 heterocycles. The Labute approximate surface area is 96.9 Å². The zero-order valence-electron chi connectivity index (χ0n) is 10.0. The second-order valence-electron chi connectivity index (χ2n) is 4.32. The maximum Gasteiger partial charge on any atom is 0.0314 e. The van der Waals surface area contributed by atoms with Gasteiger partial charge >= 0.3 is 0 Å². The van der Waals surface area contributed by atoms with Gasteiger partial charge in [-0.05, 0) is 60.7 Å². The highest BCUT2D eigenvalue weighted by Crippen LogP contribution is 2.29. The molecule has 0 aliphatic rings. The molecule has 0 bridgehead atoms. The summed E-state index contributed by atoms with van der Waals surface area (Å²) in [6, 6.07) is 12.4. The summed E-state index contributed by atoms with van der Waals surface area (Å²) >= 11 is 0. The Bertz CT molecular complexity index is 510. The quantitative estimate of drug-likeness (QED) is 0.712. The summed E-state index contributed by atoms with van der Waals surface area (Å²) in [5, 5.41) is 0. The van der Waals surface area contributed by atoms with Crippen molar-refractivity contribution < 1.29 is 0 Å². The van der Waals surface area contributed by atoms with Gasteiger partial charge in [0.1, 0.15) is 0 Å². The fourth-order valence-electron chi connectivity index (χ4n) is 2.05. The molecule has 0 atom stereocenters. The van der Waals surface area contributed by atoms with Crippen LogP contribution in [0.1, 0.15) is 16.7 Å². The van der Waals surface area contributed by atoms with Gasteiger partial charge in [-0.25, -0.2) is 0 Å². The van der Waals surface area contributed by atoms with Crippen molar-refractivity contribution in [2.75, 3.05) is 5.73 Å². The fourth-order valence-corrected chi connectivity index (χ4v) is 2.05. The van der Waals surface area contributed by atoms with Gasteiger partial charge in [0.25, 0.3) is 0 Å². The van der Waals surface area contributed by atoms with Gasteiger partial charge in [-0.3, -0.25) is 0 Å². The number of hydrogen-bond donors (Lipinski definition) is 1. The van der Waals surface area contributed by atoms with Crippen molar-refractivity contribution in [1.29, 1.82) is 0 Å². The average molecular weight is 211 g/mol. The molecular formula is C15H17N. The number of rotatable bonds is 1. The van der Waals surface area contributed by atoms with Crippen LogP contribution in [0, 0.1) is 20.8 Å². The van der Waals surface area contributed by atoms with Gasteiger partial charge in [0, 0.05) is 5.69 Å². The van der Waals surface area contributed by atoms with Gasteiger partial charge in [-0.15, -0.1) is 0 Å². The lowest BCUT2D eigenvalue weighted by molar-refractivity contribution is 1.30. The van der Waals surface area contributed by atoms with Crippen LogP contribution >= 0.6 is 0 Å². The minimum absolute atomic E-state index is 0.812. The van der Waals surface area contributed by atoms with Crippen LogP contribution in [0.3, 0.4) is 0 Å². The van der Waals surface area contributed by atoms with Gasteiger partial charge in [0.15, 0.2) is 0 Å². The molecule has 1 heteroatoms. The van der Waals surface area contributed by atoms with Crippen LogP contribution in [0.5, 0.6) is 0 Å². The van der Waals surface area contributed by atoms with Crippen LogP contribution in [-0.4, -0.2) is 0 Å². The minimum atomic E-state index is 0.812. The van der Waals surface area contributed by atoms with E-state index in [2.05, 4.69) is 45.0 Å². The first-order valence-electron chi connectivity index (χ1n) is 5.52. The molecule has 2 aromatic carbocycles. The van der Waals surface area contributed by atoms with Crippen LogP contribution in [0.15, 0.2) is 36.4 Å². The summed E-state index contributed by atoms with van der Waals surface area (Å²) in [6.07, 6.45) is 0. The van der Waals surface area contributed by atoms with Crippen molar-refractivity contribution in [3.05, 3.63) is 53.1 Å². The van der Waals surface area contributed by atoms with Gasteiger partial charge in [-0.2, -0.15) is 0 Å².